The van der Waals surface area contributed by atoms with Crippen molar-refractivity contribution in [3.63, 3.8) is 0 Å². The third kappa shape index (κ3) is 4.58. The van der Waals surface area contributed by atoms with Crippen LogP contribution in [-0.2, 0) is 27.6 Å². The van der Waals surface area contributed by atoms with Gasteiger partial charge in [0.05, 0.1) is 35.2 Å². The summed E-state index contributed by atoms with van der Waals surface area (Å²) in [6.45, 7) is 2.16. The Balaban J connectivity index is 2.07. The molecule has 0 aliphatic rings. The van der Waals surface area contributed by atoms with E-state index in [-0.39, 0.29) is 23.8 Å². The predicted octanol–water partition coefficient (Wildman–Crippen LogP) is 2.73. The number of carbonyl (C=O) groups is 1. The smallest absolute Gasteiger partial charge is 0.252 e. The number of nitrogens with zero attached hydrogens (tertiary/aromatic N) is 2. The fraction of sp³-hybridized carbons (Fsp3) is 0.238. The minimum Gasteiger partial charge on any atom is -0.496 e. The number of amides is 1. The van der Waals surface area contributed by atoms with E-state index in [2.05, 4.69) is 10.9 Å². The first-order valence-corrected chi connectivity index (χ1v) is 11.4. The lowest BCUT2D eigenvalue weighted by atomic mass is 10.1. The van der Waals surface area contributed by atoms with Gasteiger partial charge in [-0.2, -0.15) is 4.99 Å². The number of methoxy groups -OCH3 is 1. The fourth-order valence-electron chi connectivity index (χ4n) is 2.97. The number of thiazole rings is 1. The molecule has 0 saturated carbocycles. The molecule has 1 amide bonds. The van der Waals surface area contributed by atoms with Crippen molar-refractivity contribution in [3.8, 4) is 18.1 Å². The molecule has 3 rings (SSSR count). The molecule has 8 heteroatoms. The van der Waals surface area contributed by atoms with Crippen LogP contribution >= 0.6 is 11.3 Å². The number of hydrogen-bond acceptors (Lipinski definition) is 5. The van der Waals surface area contributed by atoms with Gasteiger partial charge in [-0.1, -0.05) is 35.0 Å². The Morgan fingerprint density at radius 1 is 1.28 bits per heavy atom. The highest BCUT2D eigenvalue weighted by molar-refractivity contribution is 7.90. The van der Waals surface area contributed by atoms with Crippen LogP contribution in [-0.4, -0.2) is 32.3 Å². The Bertz CT molecular complexity index is 1310. The summed E-state index contributed by atoms with van der Waals surface area (Å²) in [5, 5.41) is 0. The minimum atomic E-state index is -3.34. The van der Waals surface area contributed by atoms with E-state index in [1.54, 1.807) is 23.8 Å². The van der Waals surface area contributed by atoms with Crippen LogP contribution in [0.3, 0.4) is 0 Å². The van der Waals surface area contributed by atoms with Crippen LogP contribution < -0.4 is 9.54 Å². The highest BCUT2D eigenvalue weighted by Gasteiger charge is 2.13. The summed E-state index contributed by atoms with van der Waals surface area (Å²) in [7, 11) is -1.78. The van der Waals surface area contributed by atoms with E-state index in [1.807, 2.05) is 25.1 Å². The maximum atomic E-state index is 12.6. The van der Waals surface area contributed by atoms with E-state index in [9.17, 15) is 13.2 Å². The maximum absolute atomic E-state index is 12.6. The number of carbonyl (C=O) groups excluding carboxylic acids is 1. The number of ether oxygens (including phenoxy) is 1. The van der Waals surface area contributed by atoms with Gasteiger partial charge in [-0.15, -0.1) is 6.42 Å². The van der Waals surface area contributed by atoms with Gasteiger partial charge in [0.25, 0.3) is 5.91 Å². The zero-order chi connectivity index (χ0) is 21.2. The van der Waals surface area contributed by atoms with Crippen molar-refractivity contribution in [2.24, 2.45) is 4.99 Å². The Kier molecular flexibility index (Phi) is 5.91. The summed E-state index contributed by atoms with van der Waals surface area (Å²) in [4.78, 5) is 17.5. The number of aromatic nitrogens is 1. The van der Waals surface area contributed by atoms with E-state index < -0.39 is 9.84 Å². The number of benzene rings is 2. The van der Waals surface area contributed by atoms with Gasteiger partial charge >= 0.3 is 0 Å². The highest BCUT2D eigenvalue weighted by Crippen LogP contribution is 2.23. The molecule has 1 aromatic heterocycles. The molecule has 0 aliphatic heterocycles. The second kappa shape index (κ2) is 8.23. The first kappa shape index (κ1) is 20.8. The predicted molar refractivity (Wildman–Crippen MR) is 114 cm³/mol. The van der Waals surface area contributed by atoms with Crippen LogP contribution in [0.5, 0.6) is 5.75 Å². The molecule has 0 unspecified atom stereocenters. The summed E-state index contributed by atoms with van der Waals surface area (Å²) in [5.74, 6) is 2.85. The van der Waals surface area contributed by atoms with Crippen LogP contribution in [0.4, 0.5) is 0 Å². The average Bonchev–Trinajstić information content (AvgIpc) is 2.98. The second-order valence-electron chi connectivity index (χ2n) is 6.57. The van der Waals surface area contributed by atoms with E-state index in [4.69, 9.17) is 11.2 Å². The van der Waals surface area contributed by atoms with Crippen LogP contribution in [0.1, 0.15) is 11.1 Å². The van der Waals surface area contributed by atoms with Gasteiger partial charge in [0.15, 0.2) is 14.6 Å². The molecule has 0 N–H and O–H groups in total. The molecule has 29 heavy (non-hydrogen) atoms. The number of rotatable bonds is 5. The highest BCUT2D eigenvalue weighted by atomic mass is 32.2. The van der Waals surface area contributed by atoms with Gasteiger partial charge in [-0.05, 0) is 31.2 Å². The van der Waals surface area contributed by atoms with Crippen molar-refractivity contribution in [3.05, 3.63) is 52.3 Å². The zero-order valence-electron chi connectivity index (χ0n) is 16.3. The van der Waals surface area contributed by atoms with Gasteiger partial charge in [0, 0.05) is 11.8 Å². The summed E-state index contributed by atoms with van der Waals surface area (Å²) >= 11 is 1.23. The topological polar surface area (TPSA) is 77.7 Å². The molecule has 0 spiro atoms. The molecule has 0 atom stereocenters. The Morgan fingerprint density at radius 2 is 2.03 bits per heavy atom. The molecule has 0 bridgehead atoms. The summed E-state index contributed by atoms with van der Waals surface area (Å²) in [6, 6.07) is 10.4. The van der Waals surface area contributed by atoms with Crippen LogP contribution in [0.15, 0.2) is 46.3 Å². The molecular weight excluding hydrogens is 408 g/mol. The van der Waals surface area contributed by atoms with Gasteiger partial charge in [0.2, 0.25) is 0 Å². The van der Waals surface area contributed by atoms with Crippen molar-refractivity contribution in [1.29, 1.82) is 0 Å². The molecule has 0 aliphatic carbocycles. The quantitative estimate of drug-likeness (QED) is 0.586. The van der Waals surface area contributed by atoms with Gasteiger partial charge in [-0.3, -0.25) is 4.79 Å². The number of terminal acetylenes is 1. The summed E-state index contributed by atoms with van der Waals surface area (Å²) in [5.41, 5.74) is 2.51. The number of sulfone groups is 1. The van der Waals surface area contributed by atoms with Crippen LogP contribution in [0.2, 0.25) is 0 Å². The average molecular weight is 429 g/mol. The third-order valence-electron chi connectivity index (χ3n) is 4.33. The fourth-order valence-corrected chi connectivity index (χ4v) is 4.78. The zero-order valence-corrected chi connectivity index (χ0v) is 17.9. The molecule has 6 nitrogen and oxygen atoms in total. The van der Waals surface area contributed by atoms with Gasteiger partial charge in [0.1, 0.15) is 5.75 Å². The molecular formula is C21H20N2O4S2. The molecule has 0 radical (unpaired) electrons. The summed E-state index contributed by atoms with van der Waals surface area (Å²) in [6.07, 6.45) is 6.72. The molecule has 150 valence electrons. The number of hydrogen-bond donors (Lipinski definition) is 0. The lowest BCUT2D eigenvalue weighted by Crippen LogP contribution is -2.17. The second-order valence-corrected chi connectivity index (χ2v) is 9.60. The Morgan fingerprint density at radius 3 is 2.69 bits per heavy atom. The first-order chi connectivity index (χ1) is 13.7. The Hall–Kier alpha value is -2.89. The third-order valence-corrected chi connectivity index (χ3v) is 6.48. The largest absolute Gasteiger partial charge is 0.496 e. The van der Waals surface area contributed by atoms with Crippen molar-refractivity contribution in [2.75, 3.05) is 13.4 Å². The van der Waals surface area contributed by atoms with Gasteiger partial charge in [-0.25, -0.2) is 8.42 Å². The van der Waals surface area contributed by atoms with Crippen molar-refractivity contribution < 1.29 is 17.9 Å². The van der Waals surface area contributed by atoms with E-state index in [0.29, 0.717) is 15.3 Å². The Labute approximate surface area is 173 Å². The van der Waals surface area contributed by atoms with Crippen molar-refractivity contribution >= 4 is 37.3 Å². The van der Waals surface area contributed by atoms with Crippen LogP contribution in [0.25, 0.3) is 10.2 Å². The lowest BCUT2D eigenvalue weighted by molar-refractivity contribution is -0.117. The van der Waals surface area contributed by atoms with Gasteiger partial charge < -0.3 is 9.30 Å². The lowest BCUT2D eigenvalue weighted by Gasteiger charge is -2.07. The molecule has 2 aromatic carbocycles. The first-order valence-electron chi connectivity index (χ1n) is 8.71. The minimum absolute atomic E-state index is 0.0870. The maximum Gasteiger partial charge on any atom is 0.252 e. The summed E-state index contributed by atoms with van der Waals surface area (Å²) < 4.78 is 31.4. The normalized spacial score (nSPS) is 12.1. The number of fused-ring (bicyclic) bond motifs is 1. The van der Waals surface area contributed by atoms with Crippen molar-refractivity contribution in [2.45, 2.75) is 24.8 Å². The molecule has 0 fully saturated rings. The van der Waals surface area contributed by atoms with E-state index >= 15 is 0 Å². The van der Waals surface area contributed by atoms with E-state index in [1.165, 1.54) is 17.4 Å². The molecule has 3 aromatic rings. The van der Waals surface area contributed by atoms with Crippen molar-refractivity contribution in [1.82, 2.24) is 4.57 Å². The molecule has 0 saturated heterocycles. The monoisotopic (exact) mass is 428 g/mol. The standard InChI is InChI=1S/C21H20N2O4S2/c1-5-10-23-17-8-7-16(29(4,25)26)13-19(17)28-21(23)22-20(24)12-15-11-14(2)6-9-18(15)27-3/h1,6-9,11,13H,10,12H2,2-4H3. The molecule has 1 heterocycles. The van der Waals surface area contributed by atoms with E-state index in [0.717, 1.165) is 22.9 Å². The number of aryl methyl sites for hydroxylation is 1. The van der Waals surface area contributed by atoms with Crippen LogP contribution in [0, 0.1) is 19.3 Å². The SMILES string of the molecule is C#CCn1c(=NC(=O)Cc2cc(C)ccc2OC)sc2cc(S(C)(=O)=O)ccc21.